The van der Waals surface area contributed by atoms with E-state index in [1.165, 1.54) is 6.20 Å². The van der Waals surface area contributed by atoms with Gasteiger partial charge in [0.05, 0.1) is 11.6 Å². The van der Waals surface area contributed by atoms with Crippen LogP contribution in [0.15, 0.2) is 53.4 Å². The molecule has 3 rings (SSSR count). The van der Waals surface area contributed by atoms with Gasteiger partial charge in [0, 0.05) is 6.07 Å². The first-order chi connectivity index (χ1) is 9.43. The minimum absolute atomic E-state index is 0.00310. The van der Waals surface area contributed by atoms with Crippen molar-refractivity contribution in [2.24, 2.45) is 0 Å². The van der Waals surface area contributed by atoms with Crippen molar-refractivity contribution in [3.05, 3.63) is 60.1 Å². The number of benzene rings is 1. The highest BCUT2D eigenvalue weighted by atomic mass is 16.5. The second-order valence-corrected chi connectivity index (χ2v) is 4.01. The molecule has 0 radical (unpaired) electrons. The molecule has 6 nitrogen and oxygen atoms in total. The SMILES string of the molecule is c1ccc(C(COc2cn[nH]n2)c2ccon2)cc1. The van der Waals surface area contributed by atoms with E-state index in [9.17, 15) is 0 Å². The van der Waals surface area contributed by atoms with E-state index in [2.05, 4.69) is 20.6 Å². The van der Waals surface area contributed by atoms with E-state index in [-0.39, 0.29) is 5.92 Å². The van der Waals surface area contributed by atoms with Gasteiger partial charge in [0.2, 0.25) is 0 Å². The van der Waals surface area contributed by atoms with Gasteiger partial charge in [0.1, 0.15) is 19.1 Å². The Morgan fingerprint density at radius 3 is 2.79 bits per heavy atom. The minimum atomic E-state index is -0.00310. The Hall–Kier alpha value is -2.63. The standard InChI is InChI=1S/C13H12N4O2/c1-2-4-10(5-3-1)11(12-6-7-19-16-12)9-18-13-8-14-17-15-13/h1-8,11H,9H2,(H,14,15,17). The largest absolute Gasteiger partial charge is 0.474 e. The summed E-state index contributed by atoms with van der Waals surface area (Å²) in [5.41, 5.74) is 1.94. The third-order valence-corrected chi connectivity index (χ3v) is 2.81. The lowest BCUT2D eigenvalue weighted by Crippen LogP contribution is -2.12. The molecule has 19 heavy (non-hydrogen) atoms. The summed E-state index contributed by atoms with van der Waals surface area (Å²) < 4.78 is 10.5. The van der Waals surface area contributed by atoms with Crippen molar-refractivity contribution in [3.63, 3.8) is 0 Å². The molecule has 0 aliphatic rings. The van der Waals surface area contributed by atoms with Crippen molar-refractivity contribution in [2.75, 3.05) is 6.61 Å². The van der Waals surface area contributed by atoms with Gasteiger partial charge in [-0.3, -0.25) is 0 Å². The van der Waals surface area contributed by atoms with Crippen molar-refractivity contribution in [1.82, 2.24) is 20.6 Å². The Kier molecular flexibility index (Phi) is 3.22. The first kappa shape index (κ1) is 11.5. The van der Waals surface area contributed by atoms with Gasteiger partial charge in [-0.1, -0.05) is 35.5 Å². The number of rotatable bonds is 5. The van der Waals surface area contributed by atoms with Crippen LogP contribution >= 0.6 is 0 Å². The summed E-state index contributed by atoms with van der Waals surface area (Å²) in [6.07, 6.45) is 3.09. The average Bonchev–Trinajstić information content (AvgIpc) is 3.13. The van der Waals surface area contributed by atoms with Crippen LogP contribution in [0, 0.1) is 0 Å². The van der Waals surface area contributed by atoms with Crippen molar-refractivity contribution < 1.29 is 9.26 Å². The van der Waals surface area contributed by atoms with Gasteiger partial charge >= 0.3 is 0 Å². The summed E-state index contributed by atoms with van der Waals surface area (Å²) in [6, 6.07) is 11.8. The molecule has 0 amide bonds. The molecule has 0 spiro atoms. The maximum Gasteiger partial charge on any atom is 0.253 e. The Labute approximate surface area is 109 Å². The van der Waals surface area contributed by atoms with E-state index in [0.29, 0.717) is 12.5 Å². The Morgan fingerprint density at radius 2 is 2.11 bits per heavy atom. The van der Waals surface area contributed by atoms with E-state index in [0.717, 1.165) is 11.3 Å². The number of nitrogens with zero attached hydrogens (tertiary/aromatic N) is 3. The van der Waals surface area contributed by atoms with Crippen molar-refractivity contribution in [3.8, 4) is 5.88 Å². The summed E-state index contributed by atoms with van der Waals surface area (Å²) in [5.74, 6) is 0.459. The number of aromatic nitrogens is 4. The lowest BCUT2D eigenvalue weighted by molar-refractivity contribution is 0.285. The predicted octanol–water partition coefficient (Wildman–Crippen LogP) is 2.00. The molecule has 0 fully saturated rings. The highest BCUT2D eigenvalue weighted by Crippen LogP contribution is 2.23. The molecule has 0 aliphatic heterocycles. The van der Waals surface area contributed by atoms with Crippen LogP contribution in [0.1, 0.15) is 17.2 Å². The monoisotopic (exact) mass is 256 g/mol. The molecule has 0 bridgehead atoms. The molecule has 1 N–H and O–H groups in total. The zero-order valence-electron chi connectivity index (χ0n) is 10.1. The summed E-state index contributed by atoms with van der Waals surface area (Å²) in [6.45, 7) is 0.420. The van der Waals surface area contributed by atoms with Crippen molar-refractivity contribution in [1.29, 1.82) is 0 Å². The van der Waals surface area contributed by atoms with Crippen LogP contribution in [0.5, 0.6) is 5.88 Å². The van der Waals surface area contributed by atoms with E-state index < -0.39 is 0 Å². The van der Waals surface area contributed by atoms with Crippen LogP contribution in [-0.2, 0) is 0 Å². The maximum atomic E-state index is 5.60. The second kappa shape index (κ2) is 5.34. The molecule has 6 heteroatoms. The molecule has 1 aromatic carbocycles. The number of hydrogen-bond donors (Lipinski definition) is 1. The molecule has 2 aromatic heterocycles. The van der Waals surface area contributed by atoms with E-state index >= 15 is 0 Å². The second-order valence-electron chi connectivity index (χ2n) is 4.01. The number of H-pyrrole nitrogens is 1. The molecule has 0 saturated carbocycles. The number of ether oxygens (including phenoxy) is 1. The van der Waals surface area contributed by atoms with Crippen LogP contribution in [0.2, 0.25) is 0 Å². The molecular formula is C13H12N4O2. The summed E-state index contributed by atoms with van der Waals surface area (Å²) in [7, 11) is 0. The Balaban J connectivity index is 1.81. The smallest absolute Gasteiger partial charge is 0.253 e. The van der Waals surface area contributed by atoms with E-state index in [1.807, 2.05) is 36.4 Å². The molecule has 0 saturated heterocycles. The van der Waals surface area contributed by atoms with Gasteiger partial charge in [0.25, 0.3) is 5.88 Å². The fourth-order valence-corrected chi connectivity index (χ4v) is 1.87. The van der Waals surface area contributed by atoms with E-state index in [1.54, 1.807) is 6.26 Å². The zero-order chi connectivity index (χ0) is 12.9. The van der Waals surface area contributed by atoms with E-state index in [4.69, 9.17) is 9.26 Å². The molecule has 1 atom stereocenters. The van der Waals surface area contributed by atoms with Crippen LogP contribution in [0.25, 0.3) is 0 Å². The van der Waals surface area contributed by atoms with Gasteiger partial charge in [-0.2, -0.15) is 10.3 Å². The van der Waals surface area contributed by atoms with Gasteiger partial charge in [-0.25, -0.2) is 0 Å². The van der Waals surface area contributed by atoms with Crippen LogP contribution in [0.3, 0.4) is 0 Å². The first-order valence-corrected chi connectivity index (χ1v) is 5.87. The summed E-state index contributed by atoms with van der Waals surface area (Å²) in [5, 5.41) is 14.1. The number of hydrogen-bond acceptors (Lipinski definition) is 5. The van der Waals surface area contributed by atoms with Gasteiger partial charge in [-0.05, 0) is 5.56 Å². The van der Waals surface area contributed by atoms with Crippen molar-refractivity contribution >= 4 is 0 Å². The molecule has 0 aliphatic carbocycles. The third-order valence-electron chi connectivity index (χ3n) is 2.81. The van der Waals surface area contributed by atoms with Gasteiger partial charge in [-0.15, -0.1) is 5.10 Å². The van der Waals surface area contributed by atoms with Gasteiger partial charge < -0.3 is 9.26 Å². The van der Waals surface area contributed by atoms with Crippen LogP contribution < -0.4 is 4.74 Å². The van der Waals surface area contributed by atoms with Crippen molar-refractivity contribution in [2.45, 2.75) is 5.92 Å². The maximum absolute atomic E-state index is 5.60. The van der Waals surface area contributed by atoms with Crippen LogP contribution in [0.4, 0.5) is 0 Å². The Morgan fingerprint density at radius 1 is 1.21 bits per heavy atom. The summed E-state index contributed by atoms with van der Waals surface area (Å²) in [4.78, 5) is 0. The molecule has 96 valence electrons. The quantitative estimate of drug-likeness (QED) is 0.755. The number of aromatic amines is 1. The lowest BCUT2D eigenvalue weighted by atomic mass is 9.97. The molecule has 2 heterocycles. The molecule has 1 unspecified atom stereocenters. The molecule has 3 aromatic rings. The zero-order valence-corrected chi connectivity index (χ0v) is 10.1. The lowest BCUT2D eigenvalue weighted by Gasteiger charge is -2.14. The fourth-order valence-electron chi connectivity index (χ4n) is 1.87. The third kappa shape index (κ3) is 2.62. The highest BCUT2D eigenvalue weighted by molar-refractivity contribution is 5.27. The average molecular weight is 256 g/mol. The fraction of sp³-hybridized carbons (Fsp3) is 0.154. The number of nitrogens with one attached hydrogen (secondary N) is 1. The normalized spacial score (nSPS) is 12.2. The topological polar surface area (TPSA) is 76.8 Å². The van der Waals surface area contributed by atoms with Crippen LogP contribution in [-0.4, -0.2) is 27.2 Å². The van der Waals surface area contributed by atoms with Gasteiger partial charge in [0.15, 0.2) is 0 Å². The highest BCUT2D eigenvalue weighted by Gasteiger charge is 2.18. The first-order valence-electron chi connectivity index (χ1n) is 5.87. The molecular weight excluding hydrogens is 244 g/mol. The Bertz CT molecular complexity index is 593. The predicted molar refractivity (Wildman–Crippen MR) is 66.7 cm³/mol. The summed E-state index contributed by atoms with van der Waals surface area (Å²) >= 11 is 0. The minimum Gasteiger partial charge on any atom is -0.474 e.